The first-order chi connectivity index (χ1) is 29.0. The van der Waals surface area contributed by atoms with E-state index in [2.05, 4.69) is 67.8 Å². The van der Waals surface area contributed by atoms with Crippen LogP contribution in [0, 0.1) is 0 Å². The normalized spacial score (nSPS) is 14.7. The third-order valence-electron chi connectivity index (χ3n) is 10.7. The van der Waals surface area contributed by atoms with Gasteiger partial charge in [-0.15, -0.1) is 0 Å². The van der Waals surface area contributed by atoms with Crippen molar-refractivity contribution in [3.63, 3.8) is 0 Å². The number of nitrogens with one attached hydrogen (secondary N) is 1. The van der Waals surface area contributed by atoms with E-state index in [1.807, 2.05) is 27.2 Å². The summed E-state index contributed by atoms with van der Waals surface area (Å²) in [4.78, 5) is 25.4. The second kappa shape index (κ2) is 42.5. The van der Waals surface area contributed by atoms with Crippen LogP contribution >= 0.6 is 7.82 Å². The molecule has 0 aromatic rings. The number of quaternary nitrogens is 1. The van der Waals surface area contributed by atoms with Crippen LogP contribution in [0.4, 0.5) is 0 Å². The van der Waals surface area contributed by atoms with Crippen molar-refractivity contribution in [2.24, 2.45) is 0 Å². The molecule has 0 aliphatic carbocycles. The number of hydrogen-bond donors (Lipinski definition) is 2. The summed E-state index contributed by atoms with van der Waals surface area (Å²) in [6, 6.07) is -0.910. The second-order valence-electron chi connectivity index (χ2n) is 17.8. The first-order valence-electron chi connectivity index (χ1n) is 24.7. The van der Waals surface area contributed by atoms with E-state index in [4.69, 9.17) is 9.05 Å². The predicted octanol–water partition coefficient (Wildman–Crippen LogP) is 13.6. The van der Waals surface area contributed by atoms with Gasteiger partial charge >= 0.3 is 0 Å². The zero-order valence-electron chi connectivity index (χ0n) is 39.6. The molecule has 0 saturated heterocycles. The van der Waals surface area contributed by atoms with Crippen LogP contribution in [0.15, 0.2) is 60.8 Å². The molecule has 3 unspecified atom stereocenters. The minimum Gasteiger partial charge on any atom is -0.756 e. The number of carbonyl (C=O) groups is 1. The lowest BCUT2D eigenvalue weighted by atomic mass is 10.0. The van der Waals surface area contributed by atoms with E-state index in [0.717, 1.165) is 57.8 Å². The van der Waals surface area contributed by atoms with Crippen LogP contribution in [0.3, 0.4) is 0 Å². The Bertz CT molecular complexity index is 1160. The van der Waals surface area contributed by atoms with Crippen LogP contribution in [0.1, 0.15) is 206 Å². The molecule has 2 N–H and O–H groups in total. The van der Waals surface area contributed by atoms with Crippen molar-refractivity contribution in [3.05, 3.63) is 60.8 Å². The number of phosphoric acid groups is 1. The number of amides is 1. The molecular formula is C51H95N2O6P. The lowest BCUT2D eigenvalue weighted by Gasteiger charge is -2.29. The highest BCUT2D eigenvalue weighted by Gasteiger charge is 2.23. The van der Waals surface area contributed by atoms with E-state index in [1.165, 1.54) is 128 Å². The molecule has 0 aromatic carbocycles. The Morgan fingerprint density at radius 2 is 1.03 bits per heavy atom. The molecule has 0 aliphatic rings. The summed E-state index contributed by atoms with van der Waals surface area (Å²) in [5.41, 5.74) is 0. The van der Waals surface area contributed by atoms with Gasteiger partial charge in [0.25, 0.3) is 7.82 Å². The summed E-state index contributed by atoms with van der Waals surface area (Å²) in [5, 5.41) is 13.8. The van der Waals surface area contributed by atoms with Gasteiger partial charge in [0.15, 0.2) is 0 Å². The van der Waals surface area contributed by atoms with Crippen LogP contribution < -0.4 is 10.2 Å². The highest BCUT2D eigenvalue weighted by molar-refractivity contribution is 7.45. The molecular weight excluding hydrogens is 768 g/mol. The Morgan fingerprint density at radius 3 is 1.53 bits per heavy atom. The Labute approximate surface area is 371 Å². The van der Waals surface area contributed by atoms with Crippen molar-refractivity contribution >= 4 is 13.7 Å². The molecule has 0 bridgehead atoms. The number of aliphatic hydroxyl groups excluding tert-OH is 1. The zero-order valence-corrected chi connectivity index (χ0v) is 40.5. The number of nitrogens with zero attached hydrogens (tertiary/aromatic N) is 1. The van der Waals surface area contributed by atoms with Crippen LogP contribution in [-0.2, 0) is 18.4 Å². The van der Waals surface area contributed by atoms with Gasteiger partial charge in [0.1, 0.15) is 13.2 Å². The summed E-state index contributed by atoms with van der Waals surface area (Å²) in [7, 11) is 1.23. The van der Waals surface area contributed by atoms with Crippen molar-refractivity contribution in [2.75, 3.05) is 40.9 Å². The highest BCUT2D eigenvalue weighted by Crippen LogP contribution is 2.38. The Hall–Kier alpha value is -1.80. The van der Waals surface area contributed by atoms with E-state index in [-0.39, 0.29) is 12.5 Å². The summed E-state index contributed by atoms with van der Waals surface area (Å²) in [6.07, 6.45) is 55.6. The molecule has 0 heterocycles. The lowest BCUT2D eigenvalue weighted by molar-refractivity contribution is -0.870. The standard InChI is InChI=1S/C51H95N2O6P/c1-6-8-10-12-14-16-18-20-22-24-25-26-27-29-31-33-35-37-39-41-43-45-51(55)52-49(48-59-60(56,57)58-47-46-53(3,4)5)50(54)44-42-40-38-36-34-32-30-28-23-21-19-17-15-13-11-9-7-2/h8,10,14,16,23,28,34,36,42,44,49-50,54H,6-7,9,11-13,15,17-22,24-27,29-33,35,37-41,43,45-48H2,1-5H3,(H-,52,55,56,57)/b10-8-,16-14-,28-23+,36-34+,44-42+. The smallest absolute Gasteiger partial charge is 0.268 e. The van der Waals surface area contributed by atoms with Gasteiger partial charge in [-0.05, 0) is 70.6 Å². The van der Waals surface area contributed by atoms with Crippen molar-refractivity contribution in [3.8, 4) is 0 Å². The molecule has 0 saturated carbocycles. The van der Waals surface area contributed by atoms with E-state index < -0.39 is 26.6 Å². The number of phosphoric ester groups is 1. The van der Waals surface area contributed by atoms with Gasteiger partial charge in [-0.2, -0.15) is 0 Å². The number of allylic oxidation sites excluding steroid dienone is 9. The molecule has 0 aliphatic heterocycles. The third-order valence-corrected chi connectivity index (χ3v) is 11.7. The van der Waals surface area contributed by atoms with Crippen LogP contribution in [0.25, 0.3) is 0 Å². The molecule has 60 heavy (non-hydrogen) atoms. The fourth-order valence-electron chi connectivity index (χ4n) is 6.81. The van der Waals surface area contributed by atoms with Crippen molar-refractivity contribution in [1.82, 2.24) is 5.32 Å². The van der Waals surface area contributed by atoms with Crippen molar-refractivity contribution in [2.45, 2.75) is 219 Å². The molecule has 0 aromatic heterocycles. The van der Waals surface area contributed by atoms with Crippen LogP contribution in [-0.4, -0.2) is 68.5 Å². The number of likely N-dealkylation sites (N-methyl/N-ethyl adjacent to an activating group) is 1. The fraction of sp³-hybridized carbons (Fsp3) is 0.784. The minimum absolute atomic E-state index is 0.0104. The van der Waals surface area contributed by atoms with Gasteiger partial charge in [-0.1, -0.05) is 190 Å². The highest BCUT2D eigenvalue weighted by atomic mass is 31.2. The molecule has 0 fully saturated rings. The summed E-state index contributed by atoms with van der Waals surface area (Å²) < 4.78 is 23.2. The van der Waals surface area contributed by atoms with Crippen LogP contribution in [0.2, 0.25) is 0 Å². The quantitative estimate of drug-likeness (QED) is 0.0273. The predicted molar refractivity (Wildman–Crippen MR) is 256 cm³/mol. The molecule has 3 atom stereocenters. The molecule has 8 nitrogen and oxygen atoms in total. The second-order valence-corrected chi connectivity index (χ2v) is 19.2. The van der Waals surface area contributed by atoms with Gasteiger partial charge in [0.05, 0.1) is 39.9 Å². The molecule has 9 heteroatoms. The van der Waals surface area contributed by atoms with Crippen molar-refractivity contribution in [1.29, 1.82) is 0 Å². The molecule has 0 rings (SSSR count). The van der Waals surface area contributed by atoms with Gasteiger partial charge < -0.3 is 28.8 Å². The fourth-order valence-corrected chi connectivity index (χ4v) is 7.53. The Kier molecular flexibility index (Phi) is 41.2. The van der Waals surface area contributed by atoms with E-state index in [0.29, 0.717) is 17.4 Å². The third kappa shape index (κ3) is 44.3. The largest absolute Gasteiger partial charge is 0.756 e. The summed E-state index contributed by atoms with van der Waals surface area (Å²) in [6.45, 7) is 4.51. The number of carbonyl (C=O) groups excluding carboxylic acids is 1. The van der Waals surface area contributed by atoms with E-state index >= 15 is 0 Å². The average Bonchev–Trinajstić information content (AvgIpc) is 3.20. The first kappa shape index (κ1) is 58.2. The number of aliphatic hydroxyl groups is 1. The summed E-state index contributed by atoms with van der Waals surface area (Å²) >= 11 is 0. The SMILES string of the molecule is CC/C=C\C/C=C\CCCCCCCCCCCCCCCCC(=O)NC(COP(=O)([O-])OCC[N+](C)(C)C)C(O)/C=C/CC/C=C/CC/C=C/CCCCCCCCC. The van der Waals surface area contributed by atoms with E-state index in [1.54, 1.807) is 6.08 Å². The summed E-state index contributed by atoms with van der Waals surface area (Å²) in [5.74, 6) is -0.213. The molecule has 0 spiro atoms. The van der Waals surface area contributed by atoms with Gasteiger partial charge in [-0.3, -0.25) is 9.36 Å². The topological polar surface area (TPSA) is 108 Å². The average molecular weight is 863 g/mol. The maximum absolute atomic E-state index is 12.9. The Balaban J connectivity index is 4.38. The maximum atomic E-state index is 12.9. The van der Waals surface area contributed by atoms with Crippen molar-refractivity contribution < 1.29 is 32.9 Å². The minimum atomic E-state index is -4.60. The van der Waals surface area contributed by atoms with Gasteiger partial charge in [-0.25, -0.2) is 0 Å². The van der Waals surface area contributed by atoms with Gasteiger partial charge in [0, 0.05) is 6.42 Å². The van der Waals surface area contributed by atoms with Crippen LogP contribution in [0.5, 0.6) is 0 Å². The monoisotopic (exact) mass is 863 g/mol. The zero-order chi connectivity index (χ0) is 44.3. The molecule has 0 radical (unpaired) electrons. The Morgan fingerprint density at radius 1 is 0.600 bits per heavy atom. The van der Waals surface area contributed by atoms with E-state index in [9.17, 15) is 19.4 Å². The molecule has 350 valence electrons. The number of rotatable bonds is 44. The van der Waals surface area contributed by atoms with Gasteiger partial charge in [0.2, 0.25) is 5.91 Å². The number of hydrogen-bond acceptors (Lipinski definition) is 6. The number of unbranched alkanes of at least 4 members (excludes halogenated alkanes) is 23. The molecule has 1 amide bonds. The maximum Gasteiger partial charge on any atom is 0.268 e. The lowest BCUT2D eigenvalue weighted by Crippen LogP contribution is -2.45. The first-order valence-corrected chi connectivity index (χ1v) is 26.1.